The van der Waals surface area contributed by atoms with Gasteiger partial charge in [0.25, 0.3) is 5.91 Å². The van der Waals surface area contributed by atoms with Gasteiger partial charge in [-0.05, 0) is 38.8 Å². The van der Waals surface area contributed by atoms with Crippen LogP contribution in [0.1, 0.15) is 39.5 Å². The second-order valence-corrected chi connectivity index (χ2v) is 8.87. The monoisotopic (exact) mass is 423 g/mol. The molecule has 0 bridgehead atoms. The van der Waals surface area contributed by atoms with Gasteiger partial charge in [-0.3, -0.25) is 9.69 Å². The Morgan fingerprint density at radius 3 is 2.61 bits per heavy atom. The van der Waals surface area contributed by atoms with Crippen LogP contribution >= 0.6 is 0 Å². The molecule has 0 unspecified atom stereocenters. The van der Waals surface area contributed by atoms with Crippen LogP contribution in [0.3, 0.4) is 0 Å². The fraction of sp³-hybridized carbons (Fsp3) is 0.545. The van der Waals surface area contributed by atoms with Gasteiger partial charge in [-0.2, -0.15) is 4.98 Å². The maximum Gasteiger partial charge on any atom is 0.272 e. The number of ether oxygens (including phenoxy) is 1. The molecule has 0 aromatic carbocycles. The lowest BCUT2D eigenvalue weighted by molar-refractivity contribution is -0.133. The molecule has 9 nitrogen and oxygen atoms in total. The summed E-state index contributed by atoms with van der Waals surface area (Å²) in [6.07, 6.45) is 7.75. The molecule has 1 saturated carbocycles. The van der Waals surface area contributed by atoms with E-state index in [0.29, 0.717) is 23.3 Å². The summed E-state index contributed by atoms with van der Waals surface area (Å²) in [5.74, 6) is 2.11. The number of carbonyl (C=O) groups is 1. The Hall–Kier alpha value is -2.94. The molecule has 2 aliphatic heterocycles. The fourth-order valence-corrected chi connectivity index (χ4v) is 4.56. The van der Waals surface area contributed by atoms with Crippen molar-refractivity contribution in [1.82, 2.24) is 20.3 Å². The number of fused-ring (bicyclic) bond motifs is 1. The van der Waals surface area contributed by atoms with E-state index in [9.17, 15) is 4.79 Å². The second kappa shape index (κ2) is 7.96. The van der Waals surface area contributed by atoms with Gasteiger partial charge in [-0.25, -0.2) is 9.97 Å². The summed E-state index contributed by atoms with van der Waals surface area (Å²) in [6, 6.07) is 4.15. The minimum atomic E-state index is -0.921. The minimum Gasteiger partial charge on any atom is -0.472 e. The highest BCUT2D eigenvalue weighted by atomic mass is 16.5. The third-order valence-corrected chi connectivity index (χ3v) is 6.22. The maximum absolute atomic E-state index is 13.2. The van der Waals surface area contributed by atoms with Crippen molar-refractivity contribution < 1.29 is 9.53 Å². The number of rotatable bonds is 4. The van der Waals surface area contributed by atoms with Crippen LogP contribution < -0.4 is 25.2 Å². The molecule has 5 rings (SSSR count). The predicted octanol–water partition coefficient (Wildman–Crippen LogP) is 2.47. The van der Waals surface area contributed by atoms with Crippen molar-refractivity contribution in [2.45, 2.75) is 51.2 Å². The smallest absolute Gasteiger partial charge is 0.272 e. The van der Waals surface area contributed by atoms with Crippen LogP contribution in [0.4, 0.5) is 23.3 Å². The van der Waals surface area contributed by atoms with Gasteiger partial charge in [0.05, 0.1) is 18.1 Å². The number of piperazine rings is 1. The van der Waals surface area contributed by atoms with E-state index in [1.807, 2.05) is 17.2 Å². The fourth-order valence-electron chi connectivity index (χ4n) is 4.56. The molecular weight excluding hydrogens is 394 g/mol. The van der Waals surface area contributed by atoms with Gasteiger partial charge < -0.3 is 20.3 Å². The number of nitrogens with one attached hydrogen (secondary N) is 2. The van der Waals surface area contributed by atoms with E-state index >= 15 is 0 Å². The van der Waals surface area contributed by atoms with E-state index in [-0.39, 0.29) is 11.9 Å². The zero-order valence-corrected chi connectivity index (χ0v) is 18.1. The third-order valence-electron chi connectivity index (χ3n) is 6.22. The normalized spacial score (nSPS) is 21.0. The van der Waals surface area contributed by atoms with Gasteiger partial charge in [0, 0.05) is 32.2 Å². The zero-order valence-electron chi connectivity index (χ0n) is 18.1. The predicted molar refractivity (Wildman–Crippen MR) is 119 cm³/mol. The van der Waals surface area contributed by atoms with Gasteiger partial charge in [-0.15, -0.1) is 0 Å². The van der Waals surface area contributed by atoms with Gasteiger partial charge in [-0.1, -0.05) is 12.8 Å². The second-order valence-electron chi connectivity index (χ2n) is 8.87. The zero-order chi connectivity index (χ0) is 21.4. The van der Waals surface area contributed by atoms with Crippen LogP contribution in [0, 0.1) is 0 Å². The van der Waals surface area contributed by atoms with E-state index in [2.05, 4.69) is 36.6 Å². The molecule has 2 N–H and O–H groups in total. The first-order chi connectivity index (χ1) is 15.0. The lowest BCUT2D eigenvalue weighted by Crippen LogP contribution is -2.55. The third kappa shape index (κ3) is 3.89. The quantitative estimate of drug-likeness (QED) is 0.774. The molecule has 31 heavy (non-hydrogen) atoms. The Balaban J connectivity index is 1.38. The standard InChI is InChI=1S/C22H29N7O2/c1-22(2)20(30)29(15-5-3-4-6-15)19-17(31-22)14-25-21(27-19)26-18-8-7-16(13-24-18)28-11-9-23-10-12-28/h7-8,13-15,23H,3-6,9-12H2,1-2H3,(H,24,25,26,27). The van der Waals surface area contributed by atoms with Crippen LogP contribution in [0.2, 0.25) is 0 Å². The van der Waals surface area contributed by atoms with E-state index in [1.54, 1.807) is 20.0 Å². The lowest BCUT2D eigenvalue weighted by atomic mass is 10.0. The first-order valence-electron chi connectivity index (χ1n) is 11.1. The number of anilines is 4. The van der Waals surface area contributed by atoms with Crippen molar-refractivity contribution in [2.24, 2.45) is 0 Å². The topological polar surface area (TPSA) is 95.5 Å². The van der Waals surface area contributed by atoms with Crippen LogP contribution in [0.15, 0.2) is 24.5 Å². The minimum absolute atomic E-state index is 0.0463. The number of hydrogen-bond acceptors (Lipinski definition) is 8. The molecule has 9 heteroatoms. The Labute approximate surface area is 182 Å². The molecule has 1 aliphatic carbocycles. The molecule has 2 aromatic heterocycles. The SMILES string of the molecule is CC1(C)Oc2cnc(Nc3ccc(N4CCNCC4)cn3)nc2N(C2CCCC2)C1=O. The van der Waals surface area contributed by atoms with E-state index in [1.165, 1.54) is 0 Å². The van der Waals surface area contributed by atoms with Crippen molar-refractivity contribution in [1.29, 1.82) is 0 Å². The Morgan fingerprint density at radius 1 is 1.13 bits per heavy atom. The first kappa shape index (κ1) is 20.0. The number of hydrogen-bond donors (Lipinski definition) is 2. The summed E-state index contributed by atoms with van der Waals surface area (Å²) < 4.78 is 5.94. The van der Waals surface area contributed by atoms with Crippen molar-refractivity contribution in [3.63, 3.8) is 0 Å². The van der Waals surface area contributed by atoms with Crippen molar-refractivity contribution in [3.05, 3.63) is 24.5 Å². The summed E-state index contributed by atoms with van der Waals surface area (Å²) in [5, 5.41) is 6.53. The highest BCUT2D eigenvalue weighted by Gasteiger charge is 2.45. The number of carbonyl (C=O) groups excluding carboxylic acids is 1. The maximum atomic E-state index is 13.2. The van der Waals surface area contributed by atoms with Crippen LogP contribution in [0.5, 0.6) is 5.75 Å². The molecule has 0 spiro atoms. The summed E-state index contributed by atoms with van der Waals surface area (Å²) in [5.41, 5.74) is 0.182. The number of pyridine rings is 1. The van der Waals surface area contributed by atoms with Gasteiger partial charge in [0.2, 0.25) is 5.95 Å². The number of amides is 1. The van der Waals surface area contributed by atoms with E-state index in [0.717, 1.165) is 57.5 Å². The van der Waals surface area contributed by atoms with Gasteiger partial charge in [0.1, 0.15) is 5.82 Å². The highest BCUT2D eigenvalue weighted by Crippen LogP contribution is 2.40. The molecule has 1 saturated heterocycles. The van der Waals surface area contributed by atoms with Crippen LogP contribution in [-0.2, 0) is 4.79 Å². The largest absolute Gasteiger partial charge is 0.472 e. The molecule has 164 valence electrons. The van der Waals surface area contributed by atoms with Crippen LogP contribution in [0.25, 0.3) is 0 Å². The Bertz CT molecular complexity index is 951. The number of aromatic nitrogens is 3. The highest BCUT2D eigenvalue weighted by molar-refractivity contribution is 6.02. The van der Waals surface area contributed by atoms with Gasteiger partial charge in [0.15, 0.2) is 17.2 Å². The summed E-state index contributed by atoms with van der Waals surface area (Å²) >= 11 is 0. The average molecular weight is 424 g/mol. The summed E-state index contributed by atoms with van der Waals surface area (Å²) in [7, 11) is 0. The molecule has 1 amide bonds. The summed E-state index contributed by atoms with van der Waals surface area (Å²) in [4.78, 5) is 30.9. The molecule has 2 aromatic rings. The van der Waals surface area contributed by atoms with Crippen LogP contribution in [-0.4, -0.2) is 58.7 Å². The Morgan fingerprint density at radius 2 is 1.90 bits per heavy atom. The molecular formula is C22H29N7O2. The molecule has 2 fully saturated rings. The van der Waals surface area contributed by atoms with E-state index in [4.69, 9.17) is 4.74 Å². The molecule has 4 heterocycles. The van der Waals surface area contributed by atoms with Crippen molar-refractivity contribution in [2.75, 3.05) is 41.3 Å². The lowest BCUT2D eigenvalue weighted by Gasteiger charge is -2.40. The van der Waals surface area contributed by atoms with Crippen molar-refractivity contribution in [3.8, 4) is 5.75 Å². The summed E-state index contributed by atoms with van der Waals surface area (Å²) in [6.45, 7) is 7.52. The van der Waals surface area contributed by atoms with Crippen molar-refractivity contribution >= 4 is 29.2 Å². The molecule has 3 aliphatic rings. The molecule has 0 radical (unpaired) electrons. The Kier molecular flexibility index (Phi) is 5.13. The van der Waals surface area contributed by atoms with E-state index < -0.39 is 5.60 Å². The van der Waals surface area contributed by atoms with Gasteiger partial charge >= 0.3 is 0 Å². The first-order valence-corrected chi connectivity index (χ1v) is 11.1. The molecule has 0 atom stereocenters. The number of nitrogens with zero attached hydrogens (tertiary/aromatic N) is 5. The average Bonchev–Trinajstić information content (AvgIpc) is 3.30.